The zero-order chi connectivity index (χ0) is 8.36. The second-order valence-electron chi connectivity index (χ2n) is 1.69. The van der Waals surface area contributed by atoms with Crippen LogP contribution in [-0.4, -0.2) is 50.1 Å². The van der Waals surface area contributed by atoms with Gasteiger partial charge in [-0.15, -0.1) is 25.3 Å². The normalized spacial score (nSPS) is 10.0. The Morgan fingerprint density at radius 1 is 1.27 bits per heavy atom. The van der Waals surface area contributed by atoms with E-state index in [0.29, 0.717) is 0 Å². The third-order valence-corrected chi connectivity index (χ3v) is 1.44. The third kappa shape index (κ3) is 5.68. The standard InChI is InChI=1S/C4H6O4S2.Sn.2H/c5-2(6)1-4(9,10)3(7)8;;;/h9-10H,1H2,(H,5,6)(H,7,8);;;. The molecule has 0 aliphatic heterocycles. The first-order valence-electron chi connectivity index (χ1n) is 2.26. The summed E-state index contributed by atoms with van der Waals surface area (Å²) in [5.41, 5.74) is 0. The van der Waals surface area contributed by atoms with Crippen LogP contribution in [0.4, 0.5) is 0 Å². The van der Waals surface area contributed by atoms with Gasteiger partial charge in [0, 0.05) is 0 Å². The molecule has 0 heterocycles. The van der Waals surface area contributed by atoms with Gasteiger partial charge in [0.1, 0.15) is 0 Å². The van der Waals surface area contributed by atoms with E-state index in [2.05, 4.69) is 25.3 Å². The van der Waals surface area contributed by atoms with E-state index in [1.54, 1.807) is 0 Å². The zero-order valence-electron chi connectivity index (χ0n) is 5.52. The number of rotatable bonds is 3. The van der Waals surface area contributed by atoms with Gasteiger partial charge < -0.3 is 10.2 Å². The fourth-order valence-electron chi connectivity index (χ4n) is 0.286. The molecular formula is C4H8O4S2Sn. The summed E-state index contributed by atoms with van der Waals surface area (Å²) in [6.07, 6.45) is -0.617. The molecule has 4 nitrogen and oxygen atoms in total. The van der Waals surface area contributed by atoms with Crippen LogP contribution in [0.25, 0.3) is 0 Å². The van der Waals surface area contributed by atoms with Crippen molar-refractivity contribution < 1.29 is 19.8 Å². The van der Waals surface area contributed by atoms with E-state index in [1.165, 1.54) is 0 Å². The van der Waals surface area contributed by atoms with Gasteiger partial charge in [0.2, 0.25) is 0 Å². The van der Waals surface area contributed by atoms with Crippen molar-refractivity contribution in [3.05, 3.63) is 0 Å². The Morgan fingerprint density at radius 3 is 1.73 bits per heavy atom. The molecule has 0 spiro atoms. The number of hydrogen-bond acceptors (Lipinski definition) is 4. The Morgan fingerprint density at radius 2 is 1.64 bits per heavy atom. The van der Waals surface area contributed by atoms with Gasteiger partial charge in [-0.3, -0.25) is 4.79 Å². The van der Waals surface area contributed by atoms with E-state index in [9.17, 15) is 9.59 Å². The maximum absolute atomic E-state index is 10.1. The van der Waals surface area contributed by atoms with Crippen molar-refractivity contribution in [1.29, 1.82) is 0 Å². The number of carboxylic acid groups (broad SMARTS) is 2. The minimum atomic E-state index is -1.77. The van der Waals surface area contributed by atoms with Crippen molar-refractivity contribution in [1.82, 2.24) is 0 Å². The van der Waals surface area contributed by atoms with Crippen LogP contribution in [0.3, 0.4) is 0 Å². The monoisotopic (exact) mass is 304 g/mol. The molecule has 2 N–H and O–H groups in total. The molecule has 0 aromatic heterocycles. The van der Waals surface area contributed by atoms with Crippen LogP contribution in [0, 0.1) is 0 Å². The molecule has 0 aromatic rings. The van der Waals surface area contributed by atoms with Crippen molar-refractivity contribution in [2.45, 2.75) is 10.5 Å². The van der Waals surface area contributed by atoms with Crippen LogP contribution in [0.2, 0.25) is 0 Å². The first-order chi connectivity index (χ1) is 4.36. The summed E-state index contributed by atoms with van der Waals surface area (Å²) in [4.78, 5) is 20.1. The summed E-state index contributed by atoms with van der Waals surface area (Å²) in [6.45, 7) is 0. The average molecular weight is 303 g/mol. The quantitative estimate of drug-likeness (QED) is 0.312. The SMILES string of the molecule is O=C(O)CC(S)(S)C(=O)O.[SnH2]. The van der Waals surface area contributed by atoms with Gasteiger partial charge >= 0.3 is 35.8 Å². The first-order valence-corrected chi connectivity index (χ1v) is 3.15. The Hall–Kier alpha value is 0.439. The van der Waals surface area contributed by atoms with Gasteiger partial charge in [-0.25, -0.2) is 4.79 Å². The zero-order valence-corrected chi connectivity index (χ0v) is 11.3. The predicted octanol–water partition coefficient (Wildman–Crippen LogP) is -0.815. The van der Waals surface area contributed by atoms with Crippen molar-refractivity contribution in [2.24, 2.45) is 0 Å². The van der Waals surface area contributed by atoms with E-state index in [0.717, 1.165) is 0 Å². The molecule has 0 rings (SSSR count). The molecule has 11 heavy (non-hydrogen) atoms. The Bertz CT molecular complexity index is 169. The molecule has 64 valence electrons. The fraction of sp³-hybridized carbons (Fsp3) is 0.500. The van der Waals surface area contributed by atoms with E-state index < -0.39 is 22.4 Å². The van der Waals surface area contributed by atoms with Crippen LogP contribution >= 0.6 is 25.3 Å². The molecular weight excluding hydrogens is 295 g/mol. The summed E-state index contributed by atoms with van der Waals surface area (Å²) in [7, 11) is 0. The molecule has 0 fully saturated rings. The molecule has 0 unspecified atom stereocenters. The molecule has 0 bridgehead atoms. The molecule has 7 heteroatoms. The molecule has 0 saturated heterocycles. The Kier molecular flexibility index (Phi) is 6.55. The van der Waals surface area contributed by atoms with E-state index in [4.69, 9.17) is 10.2 Å². The van der Waals surface area contributed by atoms with Crippen molar-refractivity contribution in [3.8, 4) is 0 Å². The van der Waals surface area contributed by atoms with Crippen LogP contribution in [0.15, 0.2) is 0 Å². The van der Waals surface area contributed by atoms with Gasteiger partial charge in [0.05, 0.1) is 6.42 Å². The van der Waals surface area contributed by atoms with Crippen LogP contribution in [0.1, 0.15) is 6.42 Å². The number of carbonyl (C=O) groups is 2. The number of aliphatic carboxylic acids is 2. The van der Waals surface area contributed by atoms with Crippen LogP contribution in [0.5, 0.6) is 0 Å². The second kappa shape index (κ2) is 5.15. The molecule has 0 saturated carbocycles. The van der Waals surface area contributed by atoms with Crippen molar-refractivity contribution >= 4 is 61.1 Å². The molecule has 0 atom stereocenters. The topological polar surface area (TPSA) is 74.6 Å². The number of hydrogen-bond donors (Lipinski definition) is 4. The van der Waals surface area contributed by atoms with Crippen molar-refractivity contribution in [2.75, 3.05) is 0 Å². The third-order valence-electron chi connectivity index (χ3n) is 0.740. The maximum atomic E-state index is 10.1. The fourth-order valence-corrected chi connectivity index (χ4v) is 0.557. The van der Waals surface area contributed by atoms with E-state index in [1.807, 2.05) is 0 Å². The average Bonchev–Trinajstić information content (AvgIpc) is 1.60. The van der Waals surface area contributed by atoms with Crippen LogP contribution in [-0.2, 0) is 9.59 Å². The Balaban J connectivity index is 0. The molecule has 2 radical (unpaired) electrons. The molecule has 0 aromatic carbocycles. The van der Waals surface area contributed by atoms with Crippen LogP contribution < -0.4 is 0 Å². The summed E-state index contributed by atoms with van der Waals surface area (Å²) in [5.74, 6) is -2.60. The minimum absolute atomic E-state index is 0. The Labute approximate surface area is 91.1 Å². The molecule has 0 amide bonds. The number of carboxylic acids is 2. The van der Waals surface area contributed by atoms with Gasteiger partial charge in [0.25, 0.3) is 0 Å². The van der Waals surface area contributed by atoms with E-state index >= 15 is 0 Å². The molecule has 0 aliphatic carbocycles. The second-order valence-corrected chi connectivity index (χ2v) is 3.57. The summed E-state index contributed by atoms with van der Waals surface area (Å²) < 4.78 is -1.77. The van der Waals surface area contributed by atoms with Gasteiger partial charge in [-0.1, -0.05) is 0 Å². The van der Waals surface area contributed by atoms with Gasteiger partial charge in [0.15, 0.2) is 4.08 Å². The predicted molar refractivity (Wildman–Crippen MR) is 49.1 cm³/mol. The summed E-state index contributed by atoms with van der Waals surface area (Å²) in [5, 5.41) is 16.4. The van der Waals surface area contributed by atoms with Crippen molar-refractivity contribution in [3.63, 3.8) is 0 Å². The summed E-state index contributed by atoms with van der Waals surface area (Å²) >= 11 is 7.01. The number of thiol groups is 2. The van der Waals surface area contributed by atoms with Gasteiger partial charge in [-0.2, -0.15) is 0 Å². The van der Waals surface area contributed by atoms with Gasteiger partial charge in [-0.05, 0) is 0 Å². The molecule has 0 aliphatic rings. The van der Waals surface area contributed by atoms with E-state index in [-0.39, 0.29) is 23.9 Å². The summed E-state index contributed by atoms with van der Waals surface area (Å²) in [6, 6.07) is 0. The first kappa shape index (κ1) is 14.0.